The molecule has 1 unspecified atom stereocenters. The summed E-state index contributed by atoms with van der Waals surface area (Å²) in [7, 11) is 0. The van der Waals surface area contributed by atoms with Crippen molar-refractivity contribution in [2.45, 2.75) is 26.8 Å². The van der Waals surface area contributed by atoms with Gasteiger partial charge in [-0.25, -0.2) is 4.79 Å². The van der Waals surface area contributed by atoms with Gasteiger partial charge in [0.05, 0.1) is 22.2 Å². The number of urea groups is 1. The summed E-state index contributed by atoms with van der Waals surface area (Å²) in [6.45, 7) is 5.98. The second-order valence-corrected chi connectivity index (χ2v) is 8.81. The zero-order valence-electron chi connectivity index (χ0n) is 18.0. The minimum Gasteiger partial charge on any atom is -0.334 e. The smallest absolute Gasteiger partial charge is 0.326 e. The van der Waals surface area contributed by atoms with Crippen LogP contribution in [0.2, 0.25) is 0 Å². The van der Waals surface area contributed by atoms with Crippen LogP contribution < -0.4 is 10.2 Å². The Hall–Kier alpha value is -3.71. The fourth-order valence-electron chi connectivity index (χ4n) is 3.87. The molecular weight excluding hydrogens is 420 g/mol. The Labute approximate surface area is 190 Å². The molecule has 0 saturated carbocycles. The van der Waals surface area contributed by atoms with Crippen molar-refractivity contribution in [3.05, 3.63) is 94.3 Å². The first-order chi connectivity index (χ1) is 15.5. The monoisotopic (exact) mass is 442 g/mol. The van der Waals surface area contributed by atoms with E-state index < -0.39 is 6.04 Å². The van der Waals surface area contributed by atoms with E-state index in [1.807, 2.05) is 86.8 Å². The van der Waals surface area contributed by atoms with Crippen LogP contribution in [-0.2, 0) is 0 Å². The average molecular weight is 443 g/mol. The number of anilines is 1. The van der Waals surface area contributed by atoms with Crippen LogP contribution in [0.4, 0.5) is 10.5 Å². The molecule has 0 saturated heterocycles. The van der Waals surface area contributed by atoms with Gasteiger partial charge in [-0.15, -0.1) is 11.3 Å². The Morgan fingerprint density at radius 2 is 1.66 bits per heavy atom. The molecule has 1 aliphatic rings. The molecule has 6 nitrogen and oxygen atoms in total. The molecule has 1 N–H and O–H groups in total. The van der Waals surface area contributed by atoms with E-state index in [2.05, 4.69) is 15.5 Å². The fourth-order valence-corrected chi connectivity index (χ4v) is 4.52. The minimum atomic E-state index is -0.401. The van der Waals surface area contributed by atoms with E-state index >= 15 is 0 Å². The third-order valence-corrected chi connectivity index (χ3v) is 6.45. The summed E-state index contributed by atoms with van der Waals surface area (Å²) >= 11 is 1.55. The van der Waals surface area contributed by atoms with Gasteiger partial charge in [-0.3, -0.25) is 4.90 Å². The zero-order chi connectivity index (χ0) is 22.2. The fraction of sp³-hybridized carbons (Fsp3) is 0.160. The normalized spacial score (nSPS) is 16.4. The Morgan fingerprint density at radius 3 is 2.31 bits per heavy atom. The number of carbonyl (C=O) groups is 1. The second-order valence-electron chi connectivity index (χ2n) is 7.86. The molecule has 2 aromatic heterocycles. The summed E-state index contributed by atoms with van der Waals surface area (Å²) in [5, 5.41) is 9.32. The van der Waals surface area contributed by atoms with Crippen LogP contribution in [-0.4, -0.2) is 16.2 Å². The molecule has 0 radical (unpaired) electrons. The Bertz CT molecular complexity index is 1290. The second kappa shape index (κ2) is 8.09. The third-order valence-electron chi connectivity index (χ3n) is 5.59. The van der Waals surface area contributed by atoms with Gasteiger partial charge in [-0.05, 0) is 49.9 Å². The highest BCUT2D eigenvalue weighted by Gasteiger charge is 2.36. The Morgan fingerprint density at radius 1 is 0.969 bits per heavy atom. The first kappa shape index (κ1) is 20.2. The van der Waals surface area contributed by atoms with Crippen molar-refractivity contribution < 1.29 is 9.32 Å². The number of rotatable bonds is 4. The summed E-state index contributed by atoms with van der Waals surface area (Å²) in [6.07, 6.45) is 0. The Kier molecular flexibility index (Phi) is 5.11. The number of hydrogen-bond acceptors (Lipinski definition) is 5. The third kappa shape index (κ3) is 3.61. The molecule has 0 bridgehead atoms. The minimum absolute atomic E-state index is 0.196. The summed E-state index contributed by atoms with van der Waals surface area (Å²) in [6, 6.07) is 19.3. The molecule has 0 aliphatic carbocycles. The van der Waals surface area contributed by atoms with Gasteiger partial charge >= 0.3 is 6.03 Å². The van der Waals surface area contributed by atoms with E-state index in [-0.39, 0.29) is 6.03 Å². The maximum absolute atomic E-state index is 13.2. The number of amides is 2. The van der Waals surface area contributed by atoms with Crippen molar-refractivity contribution in [1.82, 2.24) is 15.5 Å². The number of nitrogens with zero attached hydrogens (tertiary/aromatic N) is 3. The lowest BCUT2D eigenvalue weighted by Gasteiger charge is -2.35. The van der Waals surface area contributed by atoms with Crippen molar-refractivity contribution >= 4 is 28.6 Å². The summed E-state index contributed by atoms with van der Waals surface area (Å²) in [5.41, 5.74) is 5.55. The van der Waals surface area contributed by atoms with Gasteiger partial charge in [0.15, 0.2) is 0 Å². The maximum atomic E-state index is 13.2. The molecule has 4 aromatic rings. The van der Waals surface area contributed by atoms with E-state index in [0.717, 1.165) is 38.5 Å². The number of hydrogen-bond donors (Lipinski definition) is 1. The van der Waals surface area contributed by atoms with E-state index in [1.54, 1.807) is 16.2 Å². The highest BCUT2D eigenvalue weighted by atomic mass is 32.1. The molecule has 0 fully saturated rings. The number of allylic oxidation sites excluding steroid dienone is 1. The number of nitrogens with one attached hydrogen (secondary N) is 1. The number of carbonyl (C=O) groups excluding carboxylic acids is 1. The molecule has 32 heavy (non-hydrogen) atoms. The van der Waals surface area contributed by atoms with E-state index in [0.29, 0.717) is 11.7 Å². The molecule has 0 spiro atoms. The van der Waals surface area contributed by atoms with E-state index in [1.165, 1.54) is 0 Å². The SMILES string of the molecule is CC1=C(c2nc(-c3cccs3)no2)C(c2ccc(C)cc2)NC(=O)N1c1ccc(C)cc1. The zero-order valence-corrected chi connectivity index (χ0v) is 18.8. The summed E-state index contributed by atoms with van der Waals surface area (Å²) in [5.74, 6) is 0.935. The van der Waals surface area contributed by atoms with Crippen molar-refractivity contribution in [2.75, 3.05) is 4.90 Å². The van der Waals surface area contributed by atoms with Crippen molar-refractivity contribution in [2.24, 2.45) is 0 Å². The highest BCUT2D eigenvalue weighted by molar-refractivity contribution is 7.13. The average Bonchev–Trinajstić information content (AvgIpc) is 3.47. The first-order valence-corrected chi connectivity index (χ1v) is 11.2. The lowest BCUT2D eigenvalue weighted by Crippen LogP contribution is -2.46. The topological polar surface area (TPSA) is 71.3 Å². The molecule has 2 amide bonds. The predicted molar refractivity (Wildman–Crippen MR) is 126 cm³/mol. The molecule has 5 rings (SSSR count). The van der Waals surface area contributed by atoms with Gasteiger partial charge in [-0.2, -0.15) is 4.98 Å². The largest absolute Gasteiger partial charge is 0.334 e. The lowest BCUT2D eigenvalue weighted by molar-refractivity contribution is 0.244. The van der Waals surface area contributed by atoms with Gasteiger partial charge in [0.2, 0.25) is 5.82 Å². The number of thiophene rings is 1. The van der Waals surface area contributed by atoms with Gasteiger partial charge < -0.3 is 9.84 Å². The predicted octanol–water partition coefficient (Wildman–Crippen LogP) is 6.12. The van der Waals surface area contributed by atoms with Crippen LogP contribution in [0.1, 0.15) is 35.5 Å². The summed E-state index contributed by atoms with van der Waals surface area (Å²) < 4.78 is 5.72. The van der Waals surface area contributed by atoms with Crippen LogP contribution >= 0.6 is 11.3 Å². The Balaban J connectivity index is 1.66. The maximum Gasteiger partial charge on any atom is 0.326 e. The molecule has 160 valence electrons. The van der Waals surface area contributed by atoms with Gasteiger partial charge in [0, 0.05) is 5.70 Å². The van der Waals surface area contributed by atoms with E-state index in [9.17, 15) is 4.79 Å². The molecule has 1 aliphatic heterocycles. The van der Waals surface area contributed by atoms with Crippen molar-refractivity contribution in [3.8, 4) is 10.7 Å². The van der Waals surface area contributed by atoms with Gasteiger partial charge in [0.1, 0.15) is 0 Å². The van der Waals surface area contributed by atoms with Crippen LogP contribution in [0.15, 0.2) is 76.3 Å². The van der Waals surface area contributed by atoms with Crippen molar-refractivity contribution in [3.63, 3.8) is 0 Å². The number of aromatic nitrogens is 2. The van der Waals surface area contributed by atoms with Crippen LogP contribution in [0, 0.1) is 13.8 Å². The van der Waals surface area contributed by atoms with Crippen LogP contribution in [0.25, 0.3) is 16.3 Å². The summed E-state index contributed by atoms with van der Waals surface area (Å²) in [4.78, 5) is 20.5. The van der Waals surface area contributed by atoms with Crippen molar-refractivity contribution in [1.29, 1.82) is 0 Å². The quantitative estimate of drug-likeness (QED) is 0.413. The number of benzene rings is 2. The van der Waals surface area contributed by atoms with Gasteiger partial charge in [0.25, 0.3) is 5.89 Å². The van der Waals surface area contributed by atoms with Crippen LogP contribution in [0.5, 0.6) is 0 Å². The molecule has 7 heteroatoms. The molecule has 3 heterocycles. The van der Waals surface area contributed by atoms with E-state index in [4.69, 9.17) is 4.52 Å². The van der Waals surface area contributed by atoms with Crippen LogP contribution in [0.3, 0.4) is 0 Å². The van der Waals surface area contributed by atoms with Gasteiger partial charge in [-0.1, -0.05) is 58.7 Å². The molecule has 1 atom stereocenters. The standard InChI is InChI=1S/C25H22N4O2S/c1-15-6-10-18(11-7-15)22-21(24-27-23(28-31-24)20-5-4-14-32-20)17(3)29(25(30)26-22)19-12-8-16(2)9-13-19/h4-14,22H,1-3H3,(H,26,30). The highest BCUT2D eigenvalue weighted by Crippen LogP contribution is 2.39. The molecule has 2 aromatic carbocycles. The molecular formula is C25H22N4O2S. The number of aryl methyl sites for hydroxylation is 2. The first-order valence-electron chi connectivity index (χ1n) is 10.3. The lowest BCUT2D eigenvalue weighted by atomic mass is 9.94.